The second-order valence-electron chi connectivity index (χ2n) is 5.78. The molecule has 0 aromatic rings. The maximum absolute atomic E-state index is 3.81. The van der Waals surface area contributed by atoms with Crippen molar-refractivity contribution in [2.24, 2.45) is 17.8 Å². The second kappa shape index (κ2) is 4.29. The third kappa shape index (κ3) is 2.13. The second-order valence-corrected chi connectivity index (χ2v) is 5.78. The molecule has 2 saturated carbocycles. The van der Waals surface area contributed by atoms with Crippen molar-refractivity contribution in [1.29, 1.82) is 0 Å². The SMILES string of the molecule is C1=C[C@H]2C[C@H]1C[C@H]2CNC1CCCCC1. The molecule has 84 valence electrons. The summed E-state index contributed by atoms with van der Waals surface area (Å²) in [6, 6.07) is 0.849. The molecule has 0 saturated heterocycles. The molecule has 1 nitrogen and oxygen atoms in total. The first-order valence-corrected chi connectivity index (χ1v) is 6.83. The Morgan fingerprint density at radius 2 is 1.87 bits per heavy atom. The maximum Gasteiger partial charge on any atom is 0.00671 e. The van der Waals surface area contributed by atoms with Crippen molar-refractivity contribution in [3.05, 3.63) is 12.2 Å². The van der Waals surface area contributed by atoms with Gasteiger partial charge in [0.25, 0.3) is 0 Å². The zero-order valence-corrected chi connectivity index (χ0v) is 9.62. The Kier molecular flexibility index (Phi) is 2.83. The number of allylic oxidation sites excluding steroid dienone is 2. The smallest absolute Gasteiger partial charge is 0.00671 e. The van der Waals surface area contributed by atoms with E-state index in [0.29, 0.717) is 0 Å². The van der Waals surface area contributed by atoms with Crippen LogP contribution in [0.1, 0.15) is 44.9 Å². The van der Waals surface area contributed by atoms with E-state index in [-0.39, 0.29) is 0 Å². The predicted octanol–water partition coefficient (Wildman–Crippen LogP) is 3.12. The van der Waals surface area contributed by atoms with Crippen LogP contribution in [-0.4, -0.2) is 12.6 Å². The molecule has 2 bridgehead atoms. The molecule has 0 spiro atoms. The van der Waals surface area contributed by atoms with Crippen molar-refractivity contribution >= 4 is 0 Å². The molecule has 0 amide bonds. The molecule has 0 aromatic carbocycles. The van der Waals surface area contributed by atoms with Gasteiger partial charge in [0, 0.05) is 6.04 Å². The monoisotopic (exact) mass is 205 g/mol. The van der Waals surface area contributed by atoms with Crippen molar-refractivity contribution in [1.82, 2.24) is 5.32 Å². The lowest BCUT2D eigenvalue weighted by Gasteiger charge is -2.26. The number of nitrogens with one attached hydrogen (secondary N) is 1. The maximum atomic E-state index is 3.81. The molecule has 0 aromatic heterocycles. The van der Waals surface area contributed by atoms with Gasteiger partial charge in [0.1, 0.15) is 0 Å². The molecule has 0 radical (unpaired) electrons. The van der Waals surface area contributed by atoms with E-state index in [4.69, 9.17) is 0 Å². The van der Waals surface area contributed by atoms with E-state index in [1.54, 1.807) is 0 Å². The zero-order chi connectivity index (χ0) is 10.1. The minimum Gasteiger partial charge on any atom is -0.314 e. The van der Waals surface area contributed by atoms with Crippen LogP contribution in [0, 0.1) is 17.8 Å². The Morgan fingerprint density at radius 1 is 1.00 bits per heavy atom. The highest BCUT2D eigenvalue weighted by molar-refractivity contribution is 5.10. The molecule has 3 atom stereocenters. The molecule has 2 fully saturated rings. The van der Waals surface area contributed by atoms with E-state index in [2.05, 4.69) is 17.5 Å². The van der Waals surface area contributed by atoms with Gasteiger partial charge in [-0.25, -0.2) is 0 Å². The van der Waals surface area contributed by atoms with E-state index in [9.17, 15) is 0 Å². The van der Waals surface area contributed by atoms with Crippen molar-refractivity contribution in [2.45, 2.75) is 51.0 Å². The Morgan fingerprint density at radius 3 is 2.53 bits per heavy atom. The number of fused-ring (bicyclic) bond motifs is 2. The van der Waals surface area contributed by atoms with Gasteiger partial charge in [-0.1, -0.05) is 31.4 Å². The van der Waals surface area contributed by atoms with Gasteiger partial charge in [0.15, 0.2) is 0 Å². The van der Waals surface area contributed by atoms with Crippen LogP contribution in [0.25, 0.3) is 0 Å². The first-order chi connectivity index (χ1) is 7.42. The minimum absolute atomic E-state index is 0.849. The molecule has 0 heterocycles. The van der Waals surface area contributed by atoms with Gasteiger partial charge in [-0.05, 0) is 50.0 Å². The zero-order valence-electron chi connectivity index (χ0n) is 9.62. The minimum atomic E-state index is 0.849. The van der Waals surface area contributed by atoms with E-state index in [0.717, 1.165) is 23.8 Å². The van der Waals surface area contributed by atoms with Crippen LogP contribution in [-0.2, 0) is 0 Å². The van der Waals surface area contributed by atoms with Gasteiger partial charge in [0.2, 0.25) is 0 Å². The van der Waals surface area contributed by atoms with Crippen LogP contribution < -0.4 is 5.32 Å². The molecule has 3 rings (SSSR count). The third-order valence-electron chi connectivity index (χ3n) is 4.69. The van der Waals surface area contributed by atoms with Crippen LogP contribution >= 0.6 is 0 Å². The van der Waals surface area contributed by atoms with E-state index < -0.39 is 0 Å². The Labute approximate surface area is 93.3 Å². The van der Waals surface area contributed by atoms with Crippen molar-refractivity contribution in [3.63, 3.8) is 0 Å². The Hall–Kier alpha value is -0.300. The molecule has 3 aliphatic carbocycles. The lowest BCUT2D eigenvalue weighted by molar-refractivity contribution is 0.328. The summed E-state index contributed by atoms with van der Waals surface area (Å²) in [5, 5.41) is 3.81. The van der Waals surface area contributed by atoms with Gasteiger partial charge < -0.3 is 5.32 Å². The average molecular weight is 205 g/mol. The first kappa shape index (κ1) is 9.89. The largest absolute Gasteiger partial charge is 0.314 e. The molecule has 3 aliphatic rings. The van der Waals surface area contributed by atoms with E-state index >= 15 is 0 Å². The fourth-order valence-electron chi connectivity index (χ4n) is 3.75. The molecular formula is C14H23N. The van der Waals surface area contributed by atoms with Crippen LogP contribution in [0.2, 0.25) is 0 Å². The van der Waals surface area contributed by atoms with Crippen LogP contribution in [0.3, 0.4) is 0 Å². The summed E-state index contributed by atoms with van der Waals surface area (Å²) < 4.78 is 0. The number of hydrogen-bond donors (Lipinski definition) is 1. The highest BCUT2D eigenvalue weighted by Crippen LogP contribution is 2.43. The molecule has 15 heavy (non-hydrogen) atoms. The molecular weight excluding hydrogens is 182 g/mol. The topological polar surface area (TPSA) is 12.0 Å². The van der Waals surface area contributed by atoms with Gasteiger partial charge in [-0.15, -0.1) is 0 Å². The summed E-state index contributed by atoms with van der Waals surface area (Å²) >= 11 is 0. The van der Waals surface area contributed by atoms with Crippen molar-refractivity contribution in [2.75, 3.05) is 6.54 Å². The van der Waals surface area contributed by atoms with Gasteiger partial charge in [-0.3, -0.25) is 0 Å². The lowest BCUT2D eigenvalue weighted by Crippen LogP contribution is -2.35. The summed E-state index contributed by atoms with van der Waals surface area (Å²) in [7, 11) is 0. The van der Waals surface area contributed by atoms with Crippen molar-refractivity contribution in [3.8, 4) is 0 Å². The molecule has 0 aliphatic heterocycles. The summed E-state index contributed by atoms with van der Waals surface area (Å²) in [6.07, 6.45) is 15.1. The highest BCUT2D eigenvalue weighted by Gasteiger charge is 2.35. The number of rotatable bonds is 3. The summed E-state index contributed by atoms with van der Waals surface area (Å²) in [6.45, 7) is 1.29. The average Bonchev–Trinajstić information content (AvgIpc) is 2.89. The Balaban J connectivity index is 1.44. The summed E-state index contributed by atoms with van der Waals surface area (Å²) in [4.78, 5) is 0. The lowest BCUT2D eigenvalue weighted by atomic mass is 9.91. The molecule has 0 unspecified atom stereocenters. The van der Waals surface area contributed by atoms with Crippen LogP contribution in [0.4, 0.5) is 0 Å². The normalized spacial score (nSPS) is 40.1. The Bertz CT molecular complexity index is 240. The summed E-state index contributed by atoms with van der Waals surface area (Å²) in [5.41, 5.74) is 0. The summed E-state index contributed by atoms with van der Waals surface area (Å²) in [5.74, 6) is 2.82. The molecule has 1 heteroatoms. The first-order valence-electron chi connectivity index (χ1n) is 6.83. The molecule has 1 N–H and O–H groups in total. The third-order valence-corrected chi connectivity index (χ3v) is 4.69. The highest BCUT2D eigenvalue weighted by atomic mass is 14.9. The fraction of sp³-hybridized carbons (Fsp3) is 0.857. The van der Waals surface area contributed by atoms with Gasteiger partial charge in [0.05, 0.1) is 0 Å². The fourth-order valence-corrected chi connectivity index (χ4v) is 3.75. The predicted molar refractivity (Wildman–Crippen MR) is 63.7 cm³/mol. The van der Waals surface area contributed by atoms with Crippen molar-refractivity contribution < 1.29 is 0 Å². The van der Waals surface area contributed by atoms with Crippen LogP contribution in [0.15, 0.2) is 12.2 Å². The van der Waals surface area contributed by atoms with E-state index in [1.807, 2.05) is 0 Å². The quantitative estimate of drug-likeness (QED) is 0.698. The standard InChI is InChI=1S/C14H23N/c1-2-4-14(5-3-1)15-10-13-9-11-6-7-12(13)8-11/h6-7,11-15H,1-5,8-10H2/t11-,12-,13-/m0/s1. The van der Waals surface area contributed by atoms with Crippen LogP contribution in [0.5, 0.6) is 0 Å². The van der Waals surface area contributed by atoms with E-state index in [1.165, 1.54) is 51.5 Å². The number of hydrogen-bond acceptors (Lipinski definition) is 1. The van der Waals surface area contributed by atoms with Gasteiger partial charge in [-0.2, -0.15) is 0 Å². The van der Waals surface area contributed by atoms with Gasteiger partial charge >= 0.3 is 0 Å².